The van der Waals surface area contributed by atoms with E-state index in [1.807, 2.05) is 31.5 Å². The van der Waals surface area contributed by atoms with Crippen LogP contribution in [0.15, 0.2) is 65.8 Å². The van der Waals surface area contributed by atoms with Crippen molar-refractivity contribution in [3.8, 4) is 0 Å². The molecule has 0 atom stereocenters. The fraction of sp³-hybridized carbons (Fsp3) is 0.318. The molecule has 0 unspecified atom stereocenters. The summed E-state index contributed by atoms with van der Waals surface area (Å²) in [7, 11) is -3.65. The molecular formula is C22H26FN3O2S. The van der Waals surface area contributed by atoms with Crippen molar-refractivity contribution in [1.29, 1.82) is 0 Å². The number of hydrogen-bond acceptors (Lipinski definition) is 3. The van der Waals surface area contributed by atoms with Gasteiger partial charge in [0.25, 0.3) is 0 Å². The van der Waals surface area contributed by atoms with Crippen molar-refractivity contribution < 1.29 is 12.8 Å². The molecule has 0 fully saturated rings. The molecule has 0 aliphatic heterocycles. The number of nitrogens with zero attached hydrogens (tertiary/aromatic N) is 3. The summed E-state index contributed by atoms with van der Waals surface area (Å²) < 4.78 is 43.1. The van der Waals surface area contributed by atoms with E-state index >= 15 is 0 Å². The van der Waals surface area contributed by atoms with Crippen LogP contribution >= 0.6 is 0 Å². The smallest absolute Gasteiger partial charge is 0.243 e. The van der Waals surface area contributed by atoms with Gasteiger partial charge in [-0.05, 0) is 42.7 Å². The summed E-state index contributed by atoms with van der Waals surface area (Å²) in [5.41, 5.74) is 1.93. The van der Waals surface area contributed by atoms with Crippen LogP contribution < -0.4 is 0 Å². The lowest BCUT2D eigenvalue weighted by Gasteiger charge is -2.24. The predicted octanol–water partition coefficient (Wildman–Crippen LogP) is 4.23. The summed E-state index contributed by atoms with van der Waals surface area (Å²) in [6, 6.07) is 13.2. The zero-order valence-electron chi connectivity index (χ0n) is 16.9. The highest BCUT2D eigenvalue weighted by atomic mass is 32.2. The van der Waals surface area contributed by atoms with Crippen molar-refractivity contribution in [2.24, 2.45) is 5.92 Å². The van der Waals surface area contributed by atoms with E-state index in [1.165, 1.54) is 16.4 Å². The first-order chi connectivity index (χ1) is 13.8. The number of hydrogen-bond donors (Lipinski definition) is 0. The fourth-order valence-electron chi connectivity index (χ4n) is 3.09. The molecule has 1 heterocycles. The van der Waals surface area contributed by atoms with Gasteiger partial charge in [0.05, 0.1) is 11.4 Å². The van der Waals surface area contributed by atoms with Gasteiger partial charge in [-0.1, -0.05) is 43.7 Å². The monoisotopic (exact) mass is 415 g/mol. The molecule has 0 aliphatic rings. The van der Waals surface area contributed by atoms with Gasteiger partial charge in [0.15, 0.2) is 0 Å². The fourth-order valence-corrected chi connectivity index (χ4v) is 4.65. The maximum absolute atomic E-state index is 13.3. The van der Waals surface area contributed by atoms with Crippen LogP contribution in [0.25, 0.3) is 0 Å². The molecule has 0 radical (unpaired) electrons. The van der Waals surface area contributed by atoms with Gasteiger partial charge in [0.1, 0.15) is 11.6 Å². The highest BCUT2D eigenvalue weighted by molar-refractivity contribution is 7.89. The van der Waals surface area contributed by atoms with Gasteiger partial charge in [-0.3, -0.25) is 0 Å². The highest BCUT2D eigenvalue weighted by Crippen LogP contribution is 2.20. The molecule has 29 heavy (non-hydrogen) atoms. The minimum absolute atomic E-state index is 0.163. The van der Waals surface area contributed by atoms with Crippen molar-refractivity contribution >= 4 is 10.0 Å². The summed E-state index contributed by atoms with van der Waals surface area (Å²) in [5.74, 6) is 0.522. The molecule has 3 aromatic rings. The largest absolute Gasteiger partial charge is 0.329 e. The Morgan fingerprint density at radius 3 is 2.34 bits per heavy atom. The molecule has 0 bridgehead atoms. The zero-order valence-corrected chi connectivity index (χ0v) is 17.7. The van der Waals surface area contributed by atoms with Crippen molar-refractivity contribution in [3.63, 3.8) is 0 Å². The van der Waals surface area contributed by atoms with Gasteiger partial charge in [0.2, 0.25) is 10.0 Å². The Morgan fingerprint density at radius 1 is 1.07 bits per heavy atom. The number of aryl methyl sites for hydroxylation is 1. The van der Waals surface area contributed by atoms with E-state index in [2.05, 4.69) is 4.98 Å². The first-order valence-electron chi connectivity index (χ1n) is 9.57. The average molecular weight is 416 g/mol. The Labute approximate surface area is 171 Å². The molecule has 0 saturated carbocycles. The predicted molar refractivity (Wildman–Crippen MR) is 111 cm³/mol. The van der Waals surface area contributed by atoms with Gasteiger partial charge >= 0.3 is 0 Å². The van der Waals surface area contributed by atoms with Gasteiger partial charge < -0.3 is 4.57 Å². The number of imidazole rings is 1. The van der Waals surface area contributed by atoms with Crippen molar-refractivity contribution in [1.82, 2.24) is 13.9 Å². The van der Waals surface area contributed by atoms with Crippen LogP contribution in [0.3, 0.4) is 0 Å². The normalized spacial score (nSPS) is 12.1. The minimum Gasteiger partial charge on any atom is -0.329 e. The number of benzene rings is 2. The summed E-state index contributed by atoms with van der Waals surface area (Å²) in [6.07, 6.45) is 3.47. The quantitative estimate of drug-likeness (QED) is 0.553. The van der Waals surface area contributed by atoms with E-state index in [4.69, 9.17) is 0 Å². The minimum atomic E-state index is -3.65. The van der Waals surface area contributed by atoms with E-state index in [1.54, 1.807) is 42.6 Å². The van der Waals surface area contributed by atoms with E-state index < -0.39 is 10.0 Å². The third kappa shape index (κ3) is 5.31. The molecule has 7 heteroatoms. The second-order valence-electron chi connectivity index (χ2n) is 7.60. The highest BCUT2D eigenvalue weighted by Gasteiger charge is 2.26. The summed E-state index contributed by atoms with van der Waals surface area (Å²) in [4.78, 5) is 4.66. The molecule has 154 valence electrons. The van der Waals surface area contributed by atoms with Crippen molar-refractivity contribution in [3.05, 3.63) is 83.7 Å². The maximum Gasteiger partial charge on any atom is 0.243 e. The molecule has 0 saturated heterocycles. The SMILES string of the molecule is Cc1ccc(S(=O)(=O)N(Cc2nccn2Cc2ccc(F)cc2)CC(C)C)cc1. The number of rotatable bonds is 8. The van der Waals surface area contributed by atoms with E-state index in [9.17, 15) is 12.8 Å². The average Bonchev–Trinajstić information content (AvgIpc) is 3.10. The van der Waals surface area contributed by atoms with Crippen LogP contribution in [0.4, 0.5) is 4.39 Å². The van der Waals surface area contributed by atoms with Crippen LogP contribution in [0.2, 0.25) is 0 Å². The molecule has 0 N–H and O–H groups in total. The molecule has 2 aromatic carbocycles. The molecule has 5 nitrogen and oxygen atoms in total. The Morgan fingerprint density at radius 2 is 1.72 bits per heavy atom. The lowest BCUT2D eigenvalue weighted by atomic mass is 10.2. The second kappa shape index (κ2) is 8.88. The van der Waals surface area contributed by atoms with Crippen LogP contribution in [-0.2, 0) is 23.1 Å². The van der Waals surface area contributed by atoms with Gasteiger partial charge in [-0.15, -0.1) is 0 Å². The van der Waals surface area contributed by atoms with Crippen molar-refractivity contribution in [2.75, 3.05) is 6.54 Å². The van der Waals surface area contributed by atoms with E-state index in [-0.39, 0.29) is 23.2 Å². The lowest BCUT2D eigenvalue weighted by Crippen LogP contribution is -2.34. The van der Waals surface area contributed by atoms with Gasteiger partial charge in [-0.2, -0.15) is 4.31 Å². The molecule has 0 aliphatic carbocycles. The van der Waals surface area contributed by atoms with Crippen LogP contribution in [0, 0.1) is 18.7 Å². The molecular weight excluding hydrogens is 389 g/mol. The van der Waals surface area contributed by atoms with E-state index in [0.717, 1.165) is 11.1 Å². The topological polar surface area (TPSA) is 55.2 Å². The molecule has 3 rings (SSSR count). The Bertz CT molecular complexity index is 1040. The standard InChI is InChI=1S/C22H26FN3O2S/c1-17(2)14-26(29(27,28)21-10-4-18(3)5-11-21)16-22-24-12-13-25(22)15-19-6-8-20(23)9-7-19/h4-13,17H,14-16H2,1-3H3. The Kier molecular flexibility index (Phi) is 6.49. The molecule has 0 spiro atoms. The molecule has 1 aromatic heterocycles. The summed E-state index contributed by atoms with van der Waals surface area (Å²) in [5, 5.41) is 0. The third-order valence-electron chi connectivity index (χ3n) is 4.61. The lowest BCUT2D eigenvalue weighted by molar-refractivity contribution is 0.351. The van der Waals surface area contributed by atoms with Gasteiger partial charge in [-0.25, -0.2) is 17.8 Å². The Hall–Kier alpha value is -2.51. The van der Waals surface area contributed by atoms with Crippen LogP contribution in [0.1, 0.15) is 30.8 Å². The van der Waals surface area contributed by atoms with Gasteiger partial charge in [0, 0.05) is 25.5 Å². The maximum atomic E-state index is 13.3. The van der Waals surface area contributed by atoms with Crippen LogP contribution in [-0.4, -0.2) is 28.8 Å². The molecule has 0 amide bonds. The van der Waals surface area contributed by atoms with E-state index in [0.29, 0.717) is 18.9 Å². The Balaban J connectivity index is 1.87. The second-order valence-corrected chi connectivity index (χ2v) is 9.54. The summed E-state index contributed by atoms with van der Waals surface area (Å²) >= 11 is 0. The first kappa shape index (κ1) is 21.2. The third-order valence-corrected chi connectivity index (χ3v) is 6.44. The van der Waals surface area contributed by atoms with Crippen LogP contribution in [0.5, 0.6) is 0 Å². The summed E-state index contributed by atoms with van der Waals surface area (Å²) in [6.45, 7) is 6.96. The number of aromatic nitrogens is 2. The zero-order chi connectivity index (χ0) is 21.0. The number of sulfonamides is 1. The number of halogens is 1. The van der Waals surface area contributed by atoms with Crippen molar-refractivity contribution in [2.45, 2.75) is 38.8 Å². The first-order valence-corrected chi connectivity index (χ1v) is 11.0.